The Morgan fingerprint density at radius 3 is 2.33 bits per heavy atom. The number of benzene rings is 1. The molecule has 1 aromatic carbocycles. The van der Waals surface area contributed by atoms with Crippen molar-refractivity contribution >= 4 is 11.8 Å². The molecule has 0 atom stereocenters. The van der Waals surface area contributed by atoms with Gasteiger partial charge >= 0.3 is 6.09 Å². The Hall–Kier alpha value is -1.75. The van der Waals surface area contributed by atoms with Gasteiger partial charge in [-0.05, 0) is 32.4 Å². The molecule has 0 aliphatic carbocycles. The normalized spacial score (nSPS) is 12.0. The van der Waals surface area contributed by atoms with Crippen molar-refractivity contribution in [3.8, 4) is 5.75 Å². The second-order valence-corrected chi connectivity index (χ2v) is 6.63. The molecule has 3 N–H and O–H groups in total. The molecule has 0 heterocycles. The Labute approximate surface area is 126 Å². The first-order chi connectivity index (χ1) is 9.59. The molecule has 0 aromatic heterocycles. The van der Waals surface area contributed by atoms with E-state index in [-0.39, 0.29) is 5.41 Å². The molecule has 0 aliphatic rings. The predicted octanol–water partition coefficient (Wildman–Crippen LogP) is 3.28. The van der Waals surface area contributed by atoms with Crippen molar-refractivity contribution in [2.75, 3.05) is 19.0 Å². The lowest BCUT2D eigenvalue weighted by Gasteiger charge is -2.27. The fourth-order valence-corrected chi connectivity index (χ4v) is 1.87. The van der Waals surface area contributed by atoms with Gasteiger partial charge in [-0.2, -0.15) is 0 Å². The minimum Gasteiger partial charge on any atom is -0.497 e. The summed E-state index contributed by atoms with van der Waals surface area (Å²) in [5.74, 6) is 0.664. The Morgan fingerprint density at radius 1 is 1.24 bits per heavy atom. The van der Waals surface area contributed by atoms with Crippen molar-refractivity contribution < 1.29 is 14.3 Å². The van der Waals surface area contributed by atoms with E-state index in [4.69, 9.17) is 15.2 Å². The van der Waals surface area contributed by atoms with Crippen LogP contribution in [0.3, 0.4) is 0 Å². The zero-order chi connectivity index (χ0) is 16.3. The zero-order valence-electron chi connectivity index (χ0n) is 13.7. The topological polar surface area (TPSA) is 73.6 Å². The van der Waals surface area contributed by atoms with Gasteiger partial charge in [0.1, 0.15) is 11.4 Å². The first kappa shape index (κ1) is 17.3. The average molecular weight is 294 g/mol. The summed E-state index contributed by atoms with van der Waals surface area (Å²) in [6.45, 7) is 9.97. The summed E-state index contributed by atoms with van der Waals surface area (Å²) in [4.78, 5) is 12.0. The lowest BCUT2D eigenvalue weighted by Crippen LogP contribution is -2.31. The monoisotopic (exact) mass is 294 g/mol. The fraction of sp³-hybridized carbons (Fsp3) is 0.562. The van der Waals surface area contributed by atoms with Gasteiger partial charge in [0.15, 0.2) is 0 Å². The molecule has 0 aliphatic heterocycles. The lowest BCUT2D eigenvalue weighted by molar-refractivity contribution is 0.0635. The van der Waals surface area contributed by atoms with Crippen molar-refractivity contribution in [3.63, 3.8) is 0 Å². The largest absolute Gasteiger partial charge is 0.497 e. The molecule has 1 rings (SSSR count). The van der Waals surface area contributed by atoms with Crippen LogP contribution in [0, 0.1) is 0 Å². The van der Waals surface area contributed by atoms with Crippen LogP contribution in [-0.4, -0.2) is 25.3 Å². The molecule has 0 spiro atoms. The first-order valence-corrected chi connectivity index (χ1v) is 6.97. The maximum absolute atomic E-state index is 12.0. The van der Waals surface area contributed by atoms with E-state index in [1.54, 1.807) is 13.2 Å². The third-order valence-corrected chi connectivity index (χ3v) is 3.10. The third-order valence-electron chi connectivity index (χ3n) is 3.10. The summed E-state index contributed by atoms with van der Waals surface area (Å²) in [5, 5.41) is 2.79. The van der Waals surface area contributed by atoms with E-state index in [2.05, 4.69) is 5.32 Å². The summed E-state index contributed by atoms with van der Waals surface area (Å²) in [6.07, 6.45) is -0.496. The van der Waals surface area contributed by atoms with Crippen molar-refractivity contribution in [3.05, 3.63) is 23.8 Å². The van der Waals surface area contributed by atoms with Crippen LogP contribution in [0.1, 0.15) is 40.2 Å². The molecular formula is C16H26N2O3. The minimum absolute atomic E-state index is 0.267. The van der Waals surface area contributed by atoms with Crippen LogP contribution in [0.4, 0.5) is 10.5 Å². The van der Waals surface area contributed by atoms with E-state index in [9.17, 15) is 4.79 Å². The van der Waals surface area contributed by atoms with Gasteiger partial charge in [-0.1, -0.05) is 19.9 Å². The highest BCUT2D eigenvalue weighted by Crippen LogP contribution is 2.32. The van der Waals surface area contributed by atoms with Gasteiger partial charge in [-0.3, -0.25) is 5.32 Å². The standard InChI is InChI=1S/C16H26N2O3/c1-15(2,3)21-14(19)18-13-9-11(20-6)7-8-12(13)16(4,5)10-17/h7-9H,10,17H2,1-6H3,(H,18,19). The number of nitrogens with two attached hydrogens (primary N) is 1. The molecule has 0 saturated carbocycles. The van der Waals surface area contributed by atoms with Gasteiger partial charge in [0, 0.05) is 18.0 Å². The fourth-order valence-electron chi connectivity index (χ4n) is 1.87. The lowest BCUT2D eigenvalue weighted by atomic mass is 9.83. The van der Waals surface area contributed by atoms with E-state index in [1.807, 2.05) is 46.8 Å². The molecule has 0 radical (unpaired) electrons. The molecule has 0 unspecified atom stereocenters. The molecule has 1 aromatic rings. The number of nitrogens with one attached hydrogen (secondary N) is 1. The van der Waals surface area contributed by atoms with Gasteiger partial charge in [0.05, 0.1) is 12.8 Å². The highest BCUT2D eigenvalue weighted by atomic mass is 16.6. The first-order valence-electron chi connectivity index (χ1n) is 6.97. The number of hydrogen-bond donors (Lipinski definition) is 2. The summed E-state index contributed by atoms with van der Waals surface area (Å²) < 4.78 is 10.5. The van der Waals surface area contributed by atoms with Crippen molar-refractivity contribution in [1.82, 2.24) is 0 Å². The van der Waals surface area contributed by atoms with Crippen LogP contribution >= 0.6 is 0 Å². The highest BCUT2D eigenvalue weighted by molar-refractivity contribution is 5.86. The summed E-state index contributed by atoms with van der Waals surface area (Å²) in [5.41, 5.74) is 6.61. The molecular weight excluding hydrogens is 268 g/mol. The van der Waals surface area contributed by atoms with Crippen LogP contribution in [0.5, 0.6) is 5.75 Å². The smallest absolute Gasteiger partial charge is 0.412 e. The molecule has 0 fully saturated rings. The average Bonchev–Trinajstić information content (AvgIpc) is 2.36. The van der Waals surface area contributed by atoms with Crippen LogP contribution in [-0.2, 0) is 10.2 Å². The third kappa shape index (κ3) is 4.93. The Bertz CT molecular complexity index is 505. The number of amides is 1. The molecule has 5 heteroatoms. The van der Waals surface area contributed by atoms with Crippen molar-refractivity contribution in [2.24, 2.45) is 5.73 Å². The van der Waals surface area contributed by atoms with Crippen molar-refractivity contribution in [1.29, 1.82) is 0 Å². The zero-order valence-corrected chi connectivity index (χ0v) is 13.7. The van der Waals surface area contributed by atoms with E-state index in [0.717, 1.165) is 5.56 Å². The predicted molar refractivity (Wildman–Crippen MR) is 84.9 cm³/mol. The van der Waals surface area contributed by atoms with E-state index in [0.29, 0.717) is 18.0 Å². The van der Waals surface area contributed by atoms with Gasteiger partial charge in [0.2, 0.25) is 0 Å². The Kier molecular flexibility index (Phi) is 5.23. The molecule has 0 saturated heterocycles. The van der Waals surface area contributed by atoms with Crippen LogP contribution in [0.25, 0.3) is 0 Å². The molecule has 5 nitrogen and oxygen atoms in total. The number of rotatable bonds is 4. The second kappa shape index (κ2) is 6.35. The molecule has 118 valence electrons. The second-order valence-electron chi connectivity index (χ2n) is 6.63. The Morgan fingerprint density at radius 2 is 1.86 bits per heavy atom. The number of ether oxygens (including phenoxy) is 2. The molecule has 0 bridgehead atoms. The van der Waals surface area contributed by atoms with Crippen LogP contribution in [0.2, 0.25) is 0 Å². The number of carbonyl (C=O) groups excluding carboxylic acids is 1. The van der Waals surface area contributed by atoms with Crippen LogP contribution in [0.15, 0.2) is 18.2 Å². The minimum atomic E-state index is -0.549. The number of hydrogen-bond acceptors (Lipinski definition) is 4. The number of anilines is 1. The number of carbonyl (C=O) groups is 1. The molecule has 21 heavy (non-hydrogen) atoms. The van der Waals surface area contributed by atoms with E-state index in [1.165, 1.54) is 0 Å². The quantitative estimate of drug-likeness (QED) is 0.893. The Balaban J connectivity index is 3.11. The maximum atomic E-state index is 12.0. The maximum Gasteiger partial charge on any atom is 0.412 e. The van der Waals surface area contributed by atoms with Crippen molar-refractivity contribution in [2.45, 2.75) is 45.6 Å². The van der Waals surface area contributed by atoms with E-state index >= 15 is 0 Å². The molecule has 1 amide bonds. The summed E-state index contributed by atoms with van der Waals surface area (Å²) in [6, 6.07) is 5.54. The van der Waals surface area contributed by atoms with Gasteiger partial charge in [-0.15, -0.1) is 0 Å². The van der Waals surface area contributed by atoms with Gasteiger partial charge in [0.25, 0.3) is 0 Å². The highest BCUT2D eigenvalue weighted by Gasteiger charge is 2.24. The van der Waals surface area contributed by atoms with Gasteiger partial charge in [-0.25, -0.2) is 4.79 Å². The van der Waals surface area contributed by atoms with Crippen LogP contribution < -0.4 is 15.8 Å². The SMILES string of the molecule is COc1ccc(C(C)(C)CN)c(NC(=O)OC(C)(C)C)c1. The summed E-state index contributed by atoms with van der Waals surface area (Å²) >= 11 is 0. The van der Waals surface area contributed by atoms with E-state index < -0.39 is 11.7 Å². The van der Waals surface area contributed by atoms with Gasteiger partial charge < -0.3 is 15.2 Å². The summed E-state index contributed by atoms with van der Waals surface area (Å²) in [7, 11) is 1.58. The number of methoxy groups -OCH3 is 1.